The smallest absolute Gasteiger partial charge is 0.161 e. The minimum atomic E-state index is 0.599. The number of rotatable bonds is 5. The molecule has 1 aliphatic rings. The maximum atomic E-state index is 6.64. The van der Waals surface area contributed by atoms with Gasteiger partial charge in [0.25, 0.3) is 0 Å². The van der Waals surface area contributed by atoms with Crippen LogP contribution in [0.15, 0.2) is 227 Å². The summed E-state index contributed by atoms with van der Waals surface area (Å²) in [5.74, 6) is 0.599. The molecule has 1 aliphatic heterocycles. The molecule has 12 rings (SSSR count). The molecule has 4 heteroatoms. The molecule has 9 aromatic carbocycles. The van der Waals surface area contributed by atoms with E-state index in [9.17, 15) is 0 Å². The number of aliphatic imine (C=N–C) groups is 2. The molecule has 0 bridgehead atoms. The quantitative estimate of drug-likeness (QED) is 0.172. The molecule has 0 aliphatic carbocycles. The van der Waals surface area contributed by atoms with Crippen molar-refractivity contribution in [2.75, 3.05) is 0 Å². The van der Waals surface area contributed by atoms with Crippen molar-refractivity contribution in [3.8, 4) is 16.8 Å². The van der Waals surface area contributed by atoms with Gasteiger partial charge in [0, 0.05) is 43.9 Å². The van der Waals surface area contributed by atoms with Gasteiger partial charge in [-0.3, -0.25) is 0 Å². The lowest BCUT2D eigenvalue weighted by atomic mass is 9.93. The van der Waals surface area contributed by atoms with Gasteiger partial charge in [0.15, 0.2) is 5.84 Å². The molecular weight excluding hydrogens is 731 g/mol. The second-order valence-corrected chi connectivity index (χ2v) is 15.4. The van der Waals surface area contributed by atoms with Crippen LogP contribution >= 0.6 is 0 Å². The Morgan fingerprint density at radius 2 is 1.17 bits per heavy atom. The van der Waals surface area contributed by atoms with Crippen molar-refractivity contribution < 1.29 is 4.42 Å². The Hall–Kier alpha value is -8.08. The summed E-state index contributed by atoms with van der Waals surface area (Å²) in [5.41, 5.74) is 12.6. The van der Waals surface area contributed by atoms with Gasteiger partial charge in [-0.1, -0.05) is 158 Å². The SMILES string of the molecule is C=C1C=C(c2ccc3ccccc3c2)N=C(c2cccc3oc4ccc(-n5c6ccccc6c6c(-c7ccccc7)c7ccccc7cc65)cc4c23)N=C1c1ccccc1. The third-order valence-electron chi connectivity index (χ3n) is 11.9. The van der Waals surface area contributed by atoms with E-state index in [0.717, 1.165) is 77.7 Å². The van der Waals surface area contributed by atoms with Crippen LogP contribution in [0.2, 0.25) is 0 Å². The fourth-order valence-corrected chi connectivity index (χ4v) is 9.16. The number of nitrogens with zero attached hydrogens (tertiary/aromatic N) is 3. The molecular formula is C56H35N3O. The number of hydrogen-bond donors (Lipinski definition) is 0. The standard InChI is InChI=1S/C56H35N3O/c1-35-31-47(41-28-27-36-15-8-9-20-39(36)32-41)57-56(58-55(35)38-18-6-3-7-19-38)45-24-14-26-51-53(45)46-34-42(29-30-50(46)60-51)59-48-25-13-12-23-44(48)54-49(59)33-40-21-10-11-22-43(40)52(54)37-16-4-2-5-17-37/h2-34H,1H2. The first-order chi connectivity index (χ1) is 29.7. The summed E-state index contributed by atoms with van der Waals surface area (Å²) in [4.78, 5) is 10.8. The van der Waals surface area contributed by atoms with Crippen molar-refractivity contribution in [2.45, 2.75) is 0 Å². The Morgan fingerprint density at radius 3 is 2.00 bits per heavy atom. The zero-order chi connectivity index (χ0) is 39.7. The molecule has 2 aromatic heterocycles. The molecule has 0 spiro atoms. The molecule has 0 unspecified atom stereocenters. The van der Waals surface area contributed by atoms with E-state index in [4.69, 9.17) is 14.4 Å². The molecule has 0 N–H and O–H groups in total. The van der Waals surface area contributed by atoms with E-state index < -0.39 is 0 Å². The molecule has 280 valence electrons. The second-order valence-electron chi connectivity index (χ2n) is 15.4. The largest absolute Gasteiger partial charge is 0.456 e. The maximum Gasteiger partial charge on any atom is 0.161 e. The van der Waals surface area contributed by atoms with Crippen molar-refractivity contribution in [1.82, 2.24) is 4.57 Å². The van der Waals surface area contributed by atoms with E-state index >= 15 is 0 Å². The third kappa shape index (κ3) is 5.39. The van der Waals surface area contributed by atoms with E-state index in [0.29, 0.717) is 5.84 Å². The van der Waals surface area contributed by atoms with Crippen LogP contribution in [0.25, 0.3) is 87.8 Å². The average Bonchev–Trinajstić information content (AvgIpc) is 3.78. The van der Waals surface area contributed by atoms with Gasteiger partial charge >= 0.3 is 0 Å². The van der Waals surface area contributed by atoms with Crippen LogP contribution in [-0.2, 0) is 0 Å². The van der Waals surface area contributed by atoms with Crippen LogP contribution in [0.1, 0.15) is 16.7 Å². The zero-order valence-corrected chi connectivity index (χ0v) is 32.5. The van der Waals surface area contributed by atoms with Crippen LogP contribution in [-0.4, -0.2) is 16.1 Å². The highest BCUT2D eigenvalue weighted by atomic mass is 16.3. The summed E-state index contributed by atoms with van der Waals surface area (Å²) in [7, 11) is 0. The molecule has 0 fully saturated rings. The van der Waals surface area contributed by atoms with Gasteiger partial charge in [-0.25, -0.2) is 9.98 Å². The first kappa shape index (κ1) is 34.0. The Kier molecular flexibility index (Phi) is 7.66. The molecule has 11 aromatic rings. The number of fused-ring (bicyclic) bond motifs is 8. The number of amidine groups is 1. The minimum Gasteiger partial charge on any atom is -0.456 e. The number of para-hydroxylation sites is 1. The zero-order valence-electron chi connectivity index (χ0n) is 32.5. The van der Waals surface area contributed by atoms with E-state index in [1.807, 2.05) is 30.3 Å². The van der Waals surface area contributed by atoms with E-state index in [1.54, 1.807) is 0 Å². The van der Waals surface area contributed by atoms with Crippen molar-refractivity contribution >= 4 is 82.5 Å². The first-order valence-electron chi connectivity index (χ1n) is 20.3. The first-order valence-corrected chi connectivity index (χ1v) is 20.3. The summed E-state index contributed by atoms with van der Waals surface area (Å²) in [5, 5.41) is 9.15. The molecule has 4 nitrogen and oxygen atoms in total. The topological polar surface area (TPSA) is 42.8 Å². The van der Waals surface area contributed by atoms with Gasteiger partial charge < -0.3 is 8.98 Å². The van der Waals surface area contributed by atoms with Crippen LogP contribution in [0, 0.1) is 0 Å². The summed E-state index contributed by atoms with van der Waals surface area (Å²) in [6, 6.07) is 68.4. The fraction of sp³-hybridized carbons (Fsp3) is 0. The summed E-state index contributed by atoms with van der Waals surface area (Å²) < 4.78 is 9.05. The number of allylic oxidation sites excluding steroid dienone is 2. The van der Waals surface area contributed by atoms with Crippen molar-refractivity contribution in [3.05, 3.63) is 229 Å². The molecule has 0 saturated carbocycles. The van der Waals surface area contributed by atoms with Crippen LogP contribution < -0.4 is 0 Å². The number of furan rings is 1. The monoisotopic (exact) mass is 765 g/mol. The van der Waals surface area contributed by atoms with Gasteiger partial charge in [0.2, 0.25) is 0 Å². The van der Waals surface area contributed by atoms with E-state index in [-0.39, 0.29) is 0 Å². The molecule has 60 heavy (non-hydrogen) atoms. The lowest BCUT2D eigenvalue weighted by molar-refractivity contribution is 0.669. The normalized spacial score (nSPS) is 13.3. The van der Waals surface area contributed by atoms with Gasteiger partial charge in [-0.15, -0.1) is 0 Å². The van der Waals surface area contributed by atoms with Crippen LogP contribution in [0.3, 0.4) is 0 Å². The number of hydrogen-bond acceptors (Lipinski definition) is 3. The van der Waals surface area contributed by atoms with Crippen LogP contribution in [0.5, 0.6) is 0 Å². The lowest BCUT2D eigenvalue weighted by Gasteiger charge is -2.12. The van der Waals surface area contributed by atoms with Crippen molar-refractivity contribution in [1.29, 1.82) is 0 Å². The Morgan fingerprint density at radius 1 is 0.450 bits per heavy atom. The highest BCUT2D eigenvalue weighted by Gasteiger charge is 2.23. The summed E-state index contributed by atoms with van der Waals surface area (Å²) in [6.07, 6.45) is 2.06. The second kappa shape index (κ2) is 13.5. The summed E-state index contributed by atoms with van der Waals surface area (Å²) >= 11 is 0. The Labute approximate surface area is 346 Å². The van der Waals surface area contributed by atoms with Crippen molar-refractivity contribution in [3.63, 3.8) is 0 Å². The fourth-order valence-electron chi connectivity index (χ4n) is 9.16. The molecule has 0 radical (unpaired) electrons. The van der Waals surface area contributed by atoms with Gasteiger partial charge in [-0.05, 0) is 86.8 Å². The lowest BCUT2D eigenvalue weighted by Crippen LogP contribution is -2.07. The van der Waals surface area contributed by atoms with Gasteiger partial charge in [0.1, 0.15) is 11.2 Å². The number of benzene rings is 9. The molecule has 3 heterocycles. The Balaban J connectivity index is 1.11. The van der Waals surface area contributed by atoms with Gasteiger partial charge in [-0.2, -0.15) is 0 Å². The predicted octanol–water partition coefficient (Wildman–Crippen LogP) is 14.5. The van der Waals surface area contributed by atoms with Crippen molar-refractivity contribution in [2.24, 2.45) is 9.98 Å². The third-order valence-corrected chi connectivity index (χ3v) is 11.9. The molecule has 0 amide bonds. The molecule has 0 saturated heterocycles. The predicted molar refractivity (Wildman–Crippen MR) is 252 cm³/mol. The van der Waals surface area contributed by atoms with E-state index in [1.165, 1.54) is 38.1 Å². The van der Waals surface area contributed by atoms with Gasteiger partial charge in [0.05, 0.1) is 22.4 Å². The summed E-state index contributed by atoms with van der Waals surface area (Å²) in [6.45, 7) is 4.53. The maximum absolute atomic E-state index is 6.64. The highest BCUT2D eigenvalue weighted by molar-refractivity contribution is 6.27. The average molecular weight is 766 g/mol. The van der Waals surface area contributed by atoms with Crippen LogP contribution in [0.4, 0.5) is 0 Å². The molecule has 0 atom stereocenters. The number of aromatic nitrogens is 1. The minimum absolute atomic E-state index is 0.599. The highest BCUT2D eigenvalue weighted by Crippen LogP contribution is 2.44. The Bertz CT molecular complexity index is 3660. The van der Waals surface area contributed by atoms with E-state index in [2.05, 4.69) is 181 Å².